The number of benzene rings is 2. The molecule has 2 aromatic rings. The highest BCUT2D eigenvalue weighted by Gasteiger charge is 2.11. The maximum Gasteiger partial charge on any atom is 0.255 e. The van der Waals surface area contributed by atoms with Crippen molar-refractivity contribution in [1.29, 1.82) is 5.26 Å². The van der Waals surface area contributed by atoms with Crippen LogP contribution >= 0.6 is 23.2 Å². The molecular formula is C15H9Cl2N3O2. The zero-order chi connectivity index (χ0) is 16.3. The summed E-state index contributed by atoms with van der Waals surface area (Å²) in [4.78, 5) is 23.2. The fourth-order valence-corrected chi connectivity index (χ4v) is 2.18. The van der Waals surface area contributed by atoms with E-state index in [-0.39, 0.29) is 26.7 Å². The van der Waals surface area contributed by atoms with Crippen LogP contribution in [0, 0.1) is 11.3 Å². The van der Waals surface area contributed by atoms with E-state index in [1.54, 1.807) is 0 Å². The Bertz CT molecular complexity index is 813. The number of anilines is 1. The molecule has 0 aliphatic carbocycles. The summed E-state index contributed by atoms with van der Waals surface area (Å²) in [6.07, 6.45) is 0. The van der Waals surface area contributed by atoms with Crippen molar-refractivity contribution in [2.45, 2.75) is 0 Å². The van der Waals surface area contributed by atoms with Gasteiger partial charge in [-0.05, 0) is 36.4 Å². The lowest BCUT2D eigenvalue weighted by atomic mass is 10.1. The molecule has 0 bridgehead atoms. The lowest BCUT2D eigenvalue weighted by Gasteiger charge is -2.08. The molecule has 0 aliphatic heterocycles. The number of carbonyl (C=O) groups is 2. The zero-order valence-electron chi connectivity index (χ0n) is 11.1. The summed E-state index contributed by atoms with van der Waals surface area (Å²) in [5, 5.41) is 11.9. The maximum absolute atomic E-state index is 12.1. The van der Waals surface area contributed by atoms with Crippen LogP contribution in [0.4, 0.5) is 5.69 Å². The number of nitrogens with two attached hydrogens (primary N) is 1. The predicted octanol–water partition coefficient (Wildman–Crippen LogP) is 3.22. The fraction of sp³-hybridized carbons (Fsp3) is 0. The van der Waals surface area contributed by atoms with Gasteiger partial charge in [0.25, 0.3) is 5.91 Å². The number of rotatable bonds is 3. The van der Waals surface area contributed by atoms with E-state index >= 15 is 0 Å². The molecule has 5 nitrogen and oxygen atoms in total. The SMILES string of the molecule is N#Cc1cc(C(=O)Nc2ccc(C(N)=O)c(Cl)c2)ccc1Cl. The van der Waals surface area contributed by atoms with Gasteiger partial charge in [-0.1, -0.05) is 23.2 Å². The summed E-state index contributed by atoms with van der Waals surface area (Å²) in [7, 11) is 0. The van der Waals surface area contributed by atoms with Crippen molar-refractivity contribution >= 4 is 40.7 Å². The summed E-state index contributed by atoms with van der Waals surface area (Å²) < 4.78 is 0. The third-order valence-electron chi connectivity index (χ3n) is 2.84. The van der Waals surface area contributed by atoms with Gasteiger partial charge in [0.05, 0.1) is 21.2 Å². The first-order chi connectivity index (χ1) is 10.4. The zero-order valence-corrected chi connectivity index (χ0v) is 12.6. The molecule has 2 rings (SSSR count). The van der Waals surface area contributed by atoms with Gasteiger partial charge in [-0.3, -0.25) is 9.59 Å². The lowest BCUT2D eigenvalue weighted by Crippen LogP contribution is -2.14. The molecule has 0 heterocycles. The molecule has 0 fully saturated rings. The molecule has 7 heteroatoms. The number of nitriles is 1. The smallest absolute Gasteiger partial charge is 0.255 e. The van der Waals surface area contributed by atoms with Crippen LogP contribution in [0.5, 0.6) is 0 Å². The monoisotopic (exact) mass is 333 g/mol. The van der Waals surface area contributed by atoms with Crippen molar-refractivity contribution in [2.75, 3.05) is 5.32 Å². The molecule has 22 heavy (non-hydrogen) atoms. The van der Waals surface area contributed by atoms with Gasteiger partial charge in [0, 0.05) is 11.3 Å². The molecule has 0 radical (unpaired) electrons. The van der Waals surface area contributed by atoms with Gasteiger partial charge in [0.2, 0.25) is 5.91 Å². The molecule has 3 N–H and O–H groups in total. The predicted molar refractivity (Wildman–Crippen MR) is 84.1 cm³/mol. The molecule has 2 amide bonds. The summed E-state index contributed by atoms with van der Waals surface area (Å²) in [5.41, 5.74) is 6.19. The fourth-order valence-electron chi connectivity index (χ4n) is 1.75. The van der Waals surface area contributed by atoms with Crippen molar-refractivity contribution in [2.24, 2.45) is 5.73 Å². The van der Waals surface area contributed by atoms with Gasteiger partial charge >= 0.3 is 0 Å². The highest BCUT2D eigenvalue weighted by molar-refractivity contribution is 6.34. The van der Waals surface area contributed by atoms with Crippen molar-refractivity contribution < 1.29 is 9.59 Å². The number of carbonyl (C=O) groups excluding carboxylic acids is 2. The Morgan fingerprint density at radius 2 is 1.82 bits per heavy atom. The molecule has 0 aliphatic rings. The van der Waals surface area contributed by atoms with Gasteiger partial charge in [0.1, 0.15) is 6.07 Å². The summed E-state index contributed by atoms with van der Waals surface area (Å²) in [6, 6.07) is 10.6. The quantitative estimate of drug-likeness (QED) is 0.902. The Hall–Kier alpha value is -2.55. The second-order valence-electron chi connectivity index (χ2n) is 4.32. The first kappa shape index (κ1) is 15.8. The van der Waals surface area contributed by atoms with E-state index in [1.807, 2.05) is 6.07 Å². The minimum atomic E-state index is -0.653. The van der Waals surface area contributed by atoms with Gasteiger partial charge in [-0.25, -0.2) is 0 Å². The van der Waals surface area contributed by atoms with Gasteiger partial charge in [-0.2, -0.15) is 5.26 Å². The standard InChI is InChI=1S/C15H9Cl2N3O2/c16-12-4-1-8(5-9(12)7-18)15(22)20-10-2-3-11(14(19)21)13(17)6-10/h1-6H,(H2,19,21)(H,20,22). The van der Waals surface area contributed by atoms with Crippen LogP contribution in [0.1, 0.15) is 26.3 Å². The van der Waals surface area contributed by atoms with E-state index in [4.69, 9.17) is 34.2 Å². The van der Waals surface area contributed by atoms with E-state index in [1.165, 1.54) is 36.4 Å². The molecular weight excluding hydrogens is 325 g/mol. The Morgan fingerprint density at radius 1 is 1.09 bits per heavy atom. The van der Waals surface area contributed by atoms with Crippen LogP contribution in [0.3, 0.4) is 0 Å². The Morgan fingerprint density at radius 3 is 2.41 bits per heavy atom. The number of hydrogen-bond donors (Lipinski definition) is 2. The molecule has 0 saturated carbocycles. The van der Waals surface area contributed by atoms with Gasteiger partial charge in [0.15, 0.2) is 0 Å². The second-order valence-corrected chi connectivity index (χ2v) is 5.13. The van der Waals surface area contributed by atoms with E-state index in [2.05, 4.69) is 5.32 Å². The van der Waals surface area contributed by atoms with Crippen LogP contribution < -0.4 is 11.1 Å². The first-order valence-corrected chi connectivity index (χ1v) is 6.78. The number of nitrogens with one attached hydrogen (secondary N) is 1. The van der Waals surface area contributed by atoms with E-state index in [0.717, 1.165) is 0 Å². The molecule has 0 atom stereocenters. The average molecular weight is 334 g/mol. The normalized spacial score (nSPS) is 9.86. The number of nitrogens with zero attached hydrogens (tertiary/aromatic N) is 1. The highest BCUT2D eigenvalue weighted by Crippen LogP contribution is 2.22. The minimum Gasteiger partial charge on any atom is -0.366 e. The van der Waals surface area contributed by atoms with Crippen LogP contribution in [-0.2, 0) is 0 Å². The summed E-state index contributed by atoms with van der Waals surface area (Å²) in [6.45, 7) is 0. The Kier molecular flexibility index (Phi) is 4.66. The summed E-state index contributed by atoms with van der Waals surface area (Å²) in [5.74, 6) is -1.09. The van der Waals surface area contributed by atoms with Crippen LogP contribution in [0.2, 0.25) is 10.0 Å². The van der Waals surface area contributed by atoms with Crippen molar-refractivity contribution in [3.63, 3.8) is 0 Å². The Labute approximate surface area is 136 Å². The van der Waals surface area contributed by atoms with E-state index < -0.39 is 11.8 Å². The number of primary amides is 1. The number of hydrogen-bond acceptors (Lipinski definition) is 3. The average Bonchev–Trinajstić information content (AvgIpc) is 2.47. The minimum absolute atomic E-state index is 0.138. The second kappa shape index (κ2) is 6.48. The summed E-state index contributed by atoms with van der Waals surface area (Å²) >= 11 is 11.7. The molecule has 0 spiro atoms. The third-order valence-corrected chi connectivity index (χ3v) is 3.48. The Balaban J connectivity index is 2.24. The third kappa shape index (κ3) is 3.37. The van der Waals surface area contributed by atoms with Crippen LogP contribution in [0.15, 0.2) is 36.4 Å². The van der Waals surface area contributed by atoms with Gasteiger partial charge in [-0.15, -0.1) is 0 Å². The molecule has 0 unspecified atom stereocenters. The number of halogens is 2. The molecule has 0 saturated heterocycles. The van der Waals surface area contributed by atoms with Crippen LogP contribution in [-0.4, -0.2) is 11.8 Å². The molecule has 2 aromatic carbocycles. The topological polar surface area (TPSA) is 96.0 Å². The van der Waals surface area contributed by atoms with Crippen molar-refractivity contribution in [3.8, 4) is 6.07 Å². The largest absolute Gasteiger partial charge is 0.366 e. The first-order valence-electron chi connectivity index (χ1n) is 6.02. The highest BCUT2D eigenvalue weighted by atomic mass is 35.5. The molecule has 110 valence electrons. The van der Waals surface area contributed by atoms with Gasteiger partial charge < -0.3 is 11.1 Å². The maximum atomic E-state index is 12.1. The van der Waals surface area contributed by atoms with E-state index in [0.29, 0.717) is 5.69 Å². The number of amides is 2. The van der Waals surface area contributed by atoms with Crippen molar-refractivity contribution in [3.05, 3.63) is 63.1 Å². The molecule has 0 aromatic heterocycles. The lowest BCUT2D eigenvalue weighted by molar-refractivity contribution is 0.0998. The van der Waals surface area contributed by atoms with Crippen molar-refractivity contribution in [1.82, 2.24) is 0 Å². The van der Waals surface area contributed by atoms with E-state index in [9.17, 15) is 9.59 Å². The van der Waals surface area contributed by atoms with Crippen LogP contribution in [0.25, 0.3) is 0 Å².